The van der Waals surface area contributed by atoms with Gasteiger partial charge < -0.3 is 15.1 Å². The number of amides is 1. The minimum atomic E-state index is 0.00524. The molecule has 3 fully saturated rings. The third-order valence-electron chi connectivity index (χ3n) is 6.04. The molecule has 3 unspecified atom stereocenters. The van der Waals surface area contributed by atoms with Crippen LogP contribution in [0.5, 0.6) is 0 Å². The molecule has 3 N–H and O–H groups in total. The number of carbonyl (C=O) groups is 1. The minimum Gasteiger partial charge on any atom is -0.357 e. The molecule has 3 atom stereocenters. The quantitative estimate of drug-likeness (QED) is 0.651. The van der Waals surface area contributed by atoms with Crippen LogP contribution in [0.3, 0.4) is 0 Å². The van der Waals surface area contributed by atoms with Gasteiger partial charge in [0.1, 0.15) is 0 Å². The second kappa shape index (κ2) is 8.17. The number of aromatic nitrogens is 4. The number of hydrogen-bond donors (Lipinski definition) is 3. The molecule has 1 amide bonds. The summed E-state index contributed by atoms with van der Waals surface area (Å²) in [5.41, 5.74) is 7.22. The molecule has 4 heterocycles. The van der Waals surface area contributed by atoms with E-state index in [0.717, 1.165) is 42.7 Å². The third-order valence-corrected chi connectivity index (χ3v) is 6.96. The number of carbonyl (C=O) groups excluding carboxylic acids is 1. The lowest BCUT2D eigenvalue weighted by Gasteiger charge is -2.34. The Morgan fingerprint density at radius 3 is 2.90 bits per heavy atom. The number of nitrogens with zero attached hydrogens (tertiary/aromatic N) is 6. The molecule has 10 nitrogen and oxygen atoms in total. The van der Waals surface area contributed by atoms with E-state index >= 15 is 0 Å². The van der Waals surface area contributed by atoms with Crippen LogP contribution in [0.4, 0.5) is 10.3 Å². The maximum absolute atomic E-state index is 12.5. The molecule has 1 saturated carbocycles. The highest BCUT2D eigenvalue weighted by atomic mass is 32.1. The van der Waals surface area contributed by atoms with Crippen molar-refractivity contribution in [3.63, 3.8) is 0 Å². The maximum atomic E-state index is 12.5. The fraction of sp³-hybridized carbons (Fsp3) is 0.611. The van der Waals surface area contributed by atoms with E-state index in [1.165, 1.54) is 12.6 Å². The molecule has 2 saturated heterocycles. The first-order valence-corrected chi connectivity index (χ1v) is 11.0. The van der Waals surface area contributed by atoms with Gasteiger partial charge in [0, 0.05) is 44.8 Å². The Morgan fingerprint density at radius 1 is 1.17 bits per heavy atom. The first-order chi connectivity index (χ1) is 14.3. The van der Waals surface area contributed by atoms with Crippen molar-refractivity contribution in [3.8, 4) is 0 Å². The summed E-state index contributed by atoms with van der Waals surface area (Å²) in [5.74, 6) is 0.695. The number of rotatable bonds is 4. The molecule has 1 aliphatic carbocycles. The summed E-state index contributed by atoms with van der Waals surface area (Å²) in [6, 6.07) is 2.78. The summed E-state index contributed by atoms with van der Waals surface area (Å²) in [6.07, 6.45) is 6.55. The van der Waals surface area contributed by atoms with E-state index in [1.54, 1.807) is 23.6 Å². The van der Waals surface area contributed by atoms with Crippen molar-refractivity contribution in [1.82, 2.24) is 36.1 Å². The average Bonchev–Trinajstić information content (AvgIpc) is 3.43. The zero-order valence-electron chi connectivity index (χ0n) is 16.1. The standard InChI is InChI=1S/C18H25N9OS/c28-16(12-3-4-19-20-10-12)26-5-7-27(8-6-26)18-25-24-17(29-18)22-14-1-2-15-13(9-14)11-21-23-15/h3-4,10,13-15,21,23H,1-2,5-9,11H2,(H,22,24). The number of hydrogen-bond acceptors (Lipinski definition) is 10. The van der Waals surface area contributed by atoms with E-state index in [0.29, 0.717) is 36.7 Å². The van der Waals surface area contributed by atoms with Crippen LogP contribution in [-0.4, -0.2) is 76.0 Å². The maximum Gasteiger partial charge on any atom is 0.255 e. The molecule has 11 heteroatoms. The zero-order chi connectivity index (χ0) is 19.6. The normalized spacial score (nSPS) is 27.0. The highest BCUT2D eigenvalue weighted by molar-refractivity contribution is 7.19. The van der Waals surface area contributed by atoms with E-state index in [2.05, 4.69) is 41.5 Å². The van der Waals surface area contributed by atoms with Crippen molar-refractivity contribution in [2.45, 2.75) is 31.3 Å². The Balaban J connectivity index is 1.14. The SMILES string of the molecule is O=C(c1ccnnc1)N1CCN(c2nnc(NC3CCC4NNCC4C3)s2)CC1. The molecule has 3 aliphatic rings. The molecule has 2 aliphatic heterocycles. The van der Waals surface area contributed by atoms with E-state index in [1.807, 2.05) is 4.90 Å². The van der Waals surface area contributed by atoms with Gasteiger partial charge in [0.2, 0.25) is 10.3 Å². The molecule has 29 heavy (non-hydrogen) atoms. The molecule has 154 valence electrons. The topological polar surface area (TPSA) is 111 Å². The molecular weight excluding hydrogens is 390 g/mol. The van der Waals surface area contributed by atoms with E-state index < -0.39 is 0 Å². The Labute approximate surface area is 173 Å². The predicted octanol–water partition coefficient (Wildman–Crippen LogP) is 0.348. The molecule has 0 aromatic carbocycles. The molecule has 0 radical (unpaired) electrons. The lowest BCUT2D eigenvalue weighted by molar-refractivity contribution is 0.0746. The van der Waals surface area contributed by atoms with E-state index in [4.69, 9.17) is 0 Å². The van der Waals surface area contributed by atoms with Crippen molar-refractivity contribution >= 4 is 27.5 Å². The van der Waals surface area contributed by atoms with Crippen molar-refractivity contribution < 1.29 is 4.79 Å². The summed E-state index contributed by atoms with van der Waals surface area (Å²) in [7, 11) is 0. The van der Waals surface area contributed by atoms with Gasteiger partial charge in [0.05, 0.1) is 18.0 Å². The zero-order valence-corrected chi connectivity index (χ0v) is 16.9. The Hall–Kier alpha value is -2.37. The summed E-state index contributed by atoms with van der Waals surface area (Å²) < 4.78 is 0. The van der Waals surface area contributed by atoms with Gasteiger partial charge in [-0.25, -0.2) is 0 Å². The van der Waals surface area contributed by atoms with Crippen LogP contribution < -0.4 is 21.1 Å². The van der Waals surface area contributed by atoms with Gasteiger partial charge in [-0.2, -0.15) is 10.2 Å². The van der Waals surface area contributed by atoms with Gasteiger partial charge in [-0.1, -0.05) is 11.3 Å². The first kappa shape index (κ1) is 18.6. The summed E-state index contributed by atoms with van der Waals surface area (Å²) >= 11 is 1.60. The highest BCUT2D eigenvalue weighted by Crippen LogP contribution is 2.31. The van der Waals surface area contributed by atoms with Crippen LogP contribution in [-0.2, 0) is 0 Å². The van der Waals surface area contributed by atoms with E-state index in [-0.39, 0.29) is 5.91 Å². The lowest BCUT2D eigenvalue weighted by atomic mass is 9.83. The van der Waals surface area contributed by atoms with E-state index in [9.17, 15) is 4.79 Å². The smallest absolute Gasteiger partial charge is 0.255 e. The van der Waals surface area contributed by atoms with Crippen LogP contribution in [0, 0.1) is 5.92 Å². The van der Waals surface area contributed by atoms with Gasteiger partial charge >= 0.3 is 0 Å². The number of anilines is 2. The number of fused-ring (bicyclic) bond motifs is 1. The van der Waals surface area contributed by atoms with Gasteiger partial charge in [-0.15, -0.1) is 10.2 Å². The molecular formula is C18H25N9OS. The second-order valence-corrected chi connectivity index (χ2v) is 8.80. The largest absolute Gasteiger partial charge is 0.357 e. The summed E-state index contributed by atoms with van der Waals surface area (Å²) in [4.78, 5) is 16.6. The van der Waals surface area contributed by atoms with Crippen LogP contribution in [0.2, 0.25) is 0 Å². The highest BCUT2D eigenvalue weighted by Gasteiger charge is 2.34. The van der Waals surface area contributed by atoms with Gasteiger partial charge in [-0.3, -0.25) is 15.6 Å². The molecule has 5 rings (SSSR count). The third kappa shape index (κ3) is 4.02. The van der Waals surface area contributed by atoms with Crippen molar-refractivity contribution in [2.24, 2.45) is 5.92 Å². The fourth-order valence-corrected chi connectivity index (χ4v) is 5.28. The summed E-state index contributed by atoms with van der Waals surface area (Å²) in [5, 5.41) is 21.7. The van der Waals surface area contributed by atoms with Gasteiger partial charge in [0.15, 0.2) is 0 Å². The van der Waals surface area contributed by atoms with Crippen molar-refractivity contribution in [1.29, 1.82) is 0 Å². The minimum absolute atomic E-state index is 0.00524. The van der Waals surface area contributed by atoms with Crippen LogP contribution in [0.15, 0.2) is 18.5 Å². The Kier molecular flexibility index (Phi) is 5.25. The fourth-order valence-electron chi connectivity index (χ4n) is 4.41. The van der Waals surface area contributed by atoms with Crippen LogP contribution in [0.25, 0.3) is 0 Å². The number of nitrogens with one attached hydrogen (secondary N) is 3. The van der Waals surface area contributed by atoms with Crippen molar-refractivity contribution in [3.05, 3.63) is 24.0 Å². The molecule has 0 spiro atoms. The average molecular weight is 416 g/mol. The number of hydrazine groups is 1. The second-order valence-electron chi connectivity index (χ2n) is 7.85. The number of piperazine rings is 1. The molecule has 0 bridgehead atoms. The van der Waals surface area contributed by atoms with Gasteiger partial charge in [-0.05, 0) is 31.2 Å². The van der Waals surface area contributed by atoms with Crippen molar-refractivity contribution in [2.75, 3.05) is 42.9 Å². The van der Waals surface area contributed by atoms with Crippen LogP contribution >= 0.6 is 11.3 Å². The van der Waals surface area contributed by atoms with Gasteiger partial charge in [0.25, 0.3) is 5.91 Å². The Bertz CT molecular complexity index is 839. The molecule has 2 aromatic rings. The Morgan fingerprint density at radius 2 is 2.07 bits per heavy atom. The summed E-state index contributed by atoms with van der Waals surface area (Å²) in [6.45, 7) is 3.87. The first-order valence-electron chi connectivity index (χ1n) is 10.2. The monoisotopic (exact) mass is 415 g/mol. The molecule has 2 aromatic heterocycles. The lowest BCUT2D eigenvalue weighted by Crippen LogP contribution is -2.48. The van der Waals surface area contributed by atoms with Crippen LogP contribution in [0.1, 0.15) is 29.6 Å². The predicted molar refractivity (Wildman–Crippen MR) is 110 cm³/mol.